The van der Waals surface area contributed by atoms with E-state index in [2.05, 4.69) is 4.98 Å². The van der Waals surface area contributed by atoms with Crippen molar-refractivity contribution in [2.24, 2.45) is 0 Å². The highest BCUT2D eigenvalue weighted by atomic mass is 35.5. The van der Waals surface area contributed by atoms with Crippen molar-refractivity contribution < 1.29 is 24.2 Å². The average Bonchev–Trinajstić information content (AvgIpc) is 3.56. The Labute approximate surface area is 227 Å². The molecule has 2 aliphatic rings. The zero-order valence-electron chi connectivity index (χ0n) is 20.6. The first-order valence-electron chi connectivity index (χ1n) is 12.2. The van der Waals surface area contributed by atoms with Crippen LogP contribution in [0.5, 0.6) is 11.5 Å². The van der Waals surface area contributed by atoms with Crippen molar-refractivity contribution in [2.75, 3.05) is 11.5 Å². The van der Waals surface area contributed by atoms with Gasteiger partial charge in [0.2, 0.25) is 0 Å². The van der Waals surface area contributed by atoms with Crippen LogP contribution in [-0.4, -0.2) is 34.5 Å². The number of aromatic nitrogens is 1. The molecule has 2 aliphatic heterocycles. The minimum absolute atomic E-state index is 0.0153. The fourth-order valence-electron chi connectivity index (χ4n) is 5.00. The molecule has 0 saturated carbocycles. The lowest BCUT2D eigenvalue weighted by molar-refractivity contribution is -0.132. The minimum Gasteiger partial charge on any atom is -0.507 e. The third kappa shape index (κ3) is 4.10. The van der Waals surface area contributed by atoms with Crippen LogP contribution in [0, 0.1) is 0 Å². The van der Waals surface area contributed by atoms with Crippen LogP contribution >= 0.6 is 22.9 Å². The van der Waals surface area contributed by atoms with Gasteiger partial charge in [0.25, 0.3) is 5.78 Å². The minimum atomic E-state index is -0.913. The van der Waals surface area contributed by atoms with E-state index in [0.29, 0.717) is 45.6 Å². The molecule has 1 aromatic heterocycles. The molecule has 0 aliphatic carbocycles. The van der Waals surface area contributed by atoms with Gasteiger partial charge < -0.3 is 14.6 Å². The number of ketones is 1. The number of fused-ring (bicyclic) bond motifs is 2. The Kier molecular flexibility index (Phi) is 6.08. The Morgan fingerprint density at radius 2 is 2.03 bits per heavy atom. The molecule has 4 aromatic rings. The number of hydrogen-bond donors (Lipinski definition) is 1. The molecule has 1 N–H and O–H groups in total. The van der Waals surface area contributed by atoms with Crippen molar-refractivity contribution in [3.63, 3.8) is 0 Å². The van der Waals surface area contributed by atoms with E-state index in [0.717, 1.165) is 16.0 Å². The molecule has 0 spiro atoms. The van der Waals surface area contributed by atoms with Gasteiger partial charge in [-0.2, -0.15) is 0 Å². The molecule has 7 nitrogen and oxygen atoms in total. The van der Waals surface area contributed by atoms with Crippen molar-refractivity contribution in [3.8, 4) is 11.5 Å². The molecule has 1 amide bonds. The number of aliphatic hydroxyl groups is 1. The summed E-state index contributed by atoms with van der Waals surface area (Å²) in [7, 11) is 0. The van der Waals surface area contributed by atoms with Crippen LogP contribution in [0.15, 0.2) is 66.2 Å². The Bertz CT molecular complexity index is 1650. The summed E-state index contributed by atoms with van der Waals surface area (Å²) in [4.78, 5) is 33.0. The summed E-state index contributed by atoms with van der Waals surface area (Å²) in [6.07, 6.45) is 0.722. The van der Waals surface area contributed by atoms with Crippen LogP contribution in [0.4, 0.5) is 5.13 Å². The van der Waals surface area contributed by atoms with Gasteiger partial charge >= 0.3 is 5.91 Å². The summed E-state index contributed by atoms with van der Waals surface area (Å²) >= 11 is 7.59. The summed E-state index contributed by atoms with van der Waals surface area (Å²) in [5, 5.41) is 12.3. The van der Waals surface area contributed by atoms with Gasteiger partial charge in [0.15, 0.2) is 5.13 Å². The molecule has 1 fully saturated rings. The maximum Gasteiger partial charge on any atom is 0.301 e. The molecule has 0 unspecified atom stereocenters. The number of carbonyl (C=O) groups is 2. The lowest BCUT2D eigenvalue weighted by Crippen LogP contribution is -2.29. The average molecular weight is 547 g/mol. The second kappa shape index (κ2) is 9.45. The number of hydrogen-bond acceptors (Lipinski definition) is 7. The van der Waals surface area contributed by atoms with E-state index in [9.17, 15) is 14.7 Å². The predicted molar refractivity (Wildman–Crippen MR) is 147 cm³/mol. The lowest BCUT2D eigenvalue weighted by Gasteiger charge is -2.23. The van der Waals surface area contributed by atoms with Gasteiger partial charge in [-0.15, -0.1) is 0 Å². The van der Waals surface area contributed by atoms with E-state index >= 15 is 0 Å². The number of nitrogens with zero attached hydrogens (tertiary/aromatic N) is 2. The number of halogens is 1. The number of thiazole rings is 1. The monoisotopic (exact) mass is 546 g/mol. The predicted octanol–water partition coefficient (Wildman–Crippen LogP) is 6.30. The molecule has 6 rings (SSSR count). The van der Waals surface area contributed by atoms with Gasteiger partial charge in [-0.25, -0.2) is 4.98 Å². The molecule has 3 aromatic carbocycles. The molecule has 38 heavy (non-hydrogen) atoms. The van der Waals surface area contributed by atoms with Crippen LogP contribution in [0.1, 0.15) is 36.6 Å². The molecule has 1 saturated heterocycles. The normalized spacial score (nSPS) is 20.1. The van der Waals surface area contributed by atoms with Gasteiger partial charge in [0.05, 0.1) is 28.4 Å². The second-order valence-corrected chi connectivity index (χ2v) is 10.7. The fourth-order valence-corrected chi connectivity index (χ4v) is 6.22. The number of carbonyl (C=O) groups excluding carboxylic acids is 2. The third-order valence-corrected chi connectivity index (χ3v) is 7.90. The van der Waals surface area contributed by atoms with Crippen LogP contribution in [0.2, 0.25) is 5.02 Å². The number of Topliss-reactive ketones (excluding diaryl/α,β-unsaturated/α-hetero) is 1. The van der Waals surface area contributed by atoms with Crippen molar-refractivity contribution in [1.29, 1.82) is 0 Å². The van der Waals surface area contributed by atoms with Gasteiger partial charge in [0, 0.05) is 17.0 Å². The number of benzene rings is 3. The van der Waals surface area contributed by atoms with Crippen LogP contribution < -0.4 is 14.4 Å². The largest absolute Gasteiger partial charge is 0.507 e. The van der Waals surface area contributed by atoms with Crippen molar-refractivity contribution in [2.45, 2.75) is 32.4 Å². The summed E-state index contributed by atoms with van der Waals surface area (Å²) in [6.45, 7) is 4.40. The second-order valence-electron chi connectivity index (χ2n) is 9.24. The first kappa shape index (κ1) is 24.5. The zero-order valence-corrected chi connectivity index (χ0v) is 22.2. The molecule has 0 radical (unpaired) electrons. The lowest BCUT2D eigenvalue weighted by atomic mass is 9.94. The third-order valence-electron chi connectivity index (χ3n) is 6.64. The molecule has 3 heterocycles. The van der Waals surface area contributed by atoms with Crippen molar-refractivity contribution >= 4 is 55.7 Å². The van der Waals surface area contributed by atoms with Crippen LogP contribution in [0.3, 0.4) is 0 Å². The van der Waals surface area contributed by atoms with E-state index in [-0.39, 0.29) is 17.4 Å². The highest BCUT2D eigenvalue weighted by Crippen LogP contribution is 2.45. The van der Waals surface area contributed by atoms with E-state index in [1.165, 1.54) is 16.2 Å². The summed E-state index contributed by atoms with van der Waals surface area (Å²) in [5.41, 5.74) is 2.63. The van der Waals surface area contributed by atoms with Crippen LogP contribution in [0.25, 0.3) is 16.0 Å². The molecule has 2 atom stereocenters. The van der Waals surface area contributed by atoms with Crippen LogP contribution in [-0.2, 0) is 16.0 Å². The Morgan fingerprint density at radius 1 is 1.18 bits per heavy atom. The summed E-state index contributed by atoms with van der Waals surface area (Å²) in [5.74, 6) is -0.358. The fraction of sp³-hybridized carbons (Fsp3) is 0.207. The van der Waals surface area contributed by atoms with E-state index in [1.807, 2.05) is 38.1 Å². The standard InChI is InChI=1S/C29H23ClN2O5S/c1-3-36-20-8-9-21-23(14-20)38-29(31-21)32-25(16-5-4-6-19(30)13-16)24(27(34)28(32)35)26(33)17-7-10-22-18(12-17)11-15(2)37-22/h4-10,12-15,25,33H,3,11H2,1-2H3/t15-,25+/m0/s1. The van der Waals surface area contributed by atoms with E-state index in [1.54, 1.807) is 36.4 Å². The number of aliphatic hydroxyl groups excluding tert-OH is 1. The van der Waals surface area contributed by atoms with Crippen molar-refractivity contribution in [1.82, 2.24) is 4.98 Å². The van der Waals surface area contributed by atoms with Gasteiger partial charge in [0.1, 0.15) is 23.4 Å². The number of amides is 1. The Morgan fingerprint density at radius 3 is 2.82 bits per heavy atom. The Hall–Kier alpha value is -3.88. The summed E-state index contributed by atoms with van der Waals surface area (Å²) in [6, 6.07) is 16.8. The van der Waals surface area contributed by atoms with Gasteiger partial charge in [-0.3, -0.25) is 14.5 Å². The smallest absolute Gasteiger partial charge is 0.301 e. The maximum absolute atomic E-state index is 13.5. The molecular formula is C29H23ClN2O5S. The summed E-state index contributed by atoms with van der Waals surface area (Å²) < 4.78 is 12.2. The van der Waals surface area contributed by atoms with Crippen molar-refractivity contribution in [3.05, 3.63) is 87.9 Å². The van der Waals surface area contributed by atoms with E-state index < -0.39 is 17.7 Å². The number of ether oxygens (including phenoxy) is 2. The molecule has 9 heteroatoms. The zero-order chi connectivity index (χ0) is 26.6. The number of anilines is 1. The Balaban J connectivity index is 1.51. The highest BCUT2D eigenvalue weighted by Gasteiger charge is 2.48. The first-order chi connectivity index (χ1) is 18.3. The molecule has 192 valence electrons. The molecular weight excluding hydrogens is 524 g/mol. The quantitative estimate of drug-likeness (QED) is 0.179. The maximum atomic E-state index is 13.5. The topological polar surface area (TPSA) is 89.0 Å². The van der Waals surface area contributed by atoms with E-state index in [4.69, 9.17) is 21.1 Å². The molecule has 0 bridgehead atoms. The highest BCUT2D eigenvalue weighted by molar-refractivity contribution is 7.22. The SMILES string of the molecule is CCOc1ccc2nc(N3C(=O)C(=O)C(=C(O)c4ccc5c(c4)C[C@H](C)O5)[C@H]3c3cccc(Cl)c3)sc2c1. The first-order valence-corrected chi connectivity index (χ1v) is 13.4. The van der Waals surface area contributed by atoms with Gasteiger partial charge in [-0.05, 0) is 73.5 Å². The van der Waals surface area contributed by atoms with Gasteiger partial charge in [-0.1, -0.05) is 35.1 Å². The number of rotatable bonds is 5.